The maximum Gasteiger partial charge on any atom is 0.331 e. The molecule has 0 aliphatic carbocycles. The van der Waals surface area contributed by atoms with Crippen molar-refractivity contribution in [3.05, 3.63) is 11.6 Å². The van der Waals surface area contributed by atoms with Crippen molar-refractivity contribution in [1.82, 2.24) is 0 Å². The Morgan fingerprint density at radius 3 is 2.54 bits per heavy atom. The Labute approximate surface area is 77.5 Å². The highest BCUT2D eigenvalue weighted by atomic mass is 16.4. The molecule has 13 heavy (non-hydrogen) atoms. The third-order valence-corrected chi connectivity index (χ3v) is 1.69. The van der Waals surface area contributed by atoms with E-state index in [1.54, 1.807) is 0 Å². The van der Waals surface area contributed by atoms with Crippen LogP contribution in [0.4, 0.5) is 0 Å². The molecule has 0 saturated heterocycles. The van der Waals surface area contributed by atoms with Crippen LogP contribution in [0.25, 0.3) is 0 Å². The van der Waals surface area contributed by atoms with Crippen LogP contribution in [0.2, 0.25) is 0 Å². The van der Waals surface area contributed by atoms with Crippen molar-refractivity contribution in [1.29, 1.82) is 0 Å². The third kappa shape index (κ3) is 6.31. The van der Waals surface area contributed by atoms with E-state index in [4.69, 9.17) is 10.2 Å². The van der Waals surface area contributed by atoms with Crippen LogP contribution in [0.15, 0.2) is 11.6 Å². The summed E-state index contributed by atoms with van der Waals surface area (Å²) in [7, 11) is 0. The Bertz CT molecular complexity index is 186. The van der Waals surface area contributed by atoms with Gasteiger partial charge in [-0.2, -0.15) is 0 Å². The van der Waals surface area contributed by atoms with Crippen molar-refractivity contribution in [3.63, 3.8) is 0 Å². The van der Waals surface area contributed by atoms with Crippen molar-refractivity contribution in [2.75, 3.05) is 6.61 Å². The fourth-order valence-electron chi connectivity index (χ4n) is 0.908. The molecule has 0 spiro atoms. The summed E-state index contributed by atoms with van der Waals surface area (Å²) in [5.74, 6) is -1.01. The number of aliphatic carboxylic acids is 1. The van der Waals surface area contributed by atoms with Gasteiger partial charge in [0.15, 0.2) is 0 Å². The number of hydrogen-bond acceptors (Lipinski definition) is 3. The molecule has 0 amide bonds. The number of unbranched alkanes of at least 4 members (excludes halogenated alkanes) is 1. The zero-order chi connectivity index (χ0) is 10.3. The van der Waals surface area contributed by atoms with E-state index in [0.29, 0.717) is 19.3 Å². The minimum Gasteiger partial charge on any atom is -0.478 e. The molecule has 1 unspecified atom stereocenters. The third-order valence-electron chi connectivity index (χ3n) is 1.69. The van der Waals surface area contributed by atoms with Crippen LogP contribution < -0.4 is 0 Å². The second-order valence-corrected chi connectivity index (χ2v) is 2.94. The van der Waals surface area contributed by atoms with Gasteiger partial charge < -0.3 is 15.3 Å². The fourth-order valence-corrected chi connectivity index (χ4v) is 0.908. The molecule has 76 valence electrons. The van der Waals surface area contributed by atoms with Gasteiger partial charge in [0.1, 0.15) is 0 Å². The lowest BCUT2D eigenvalue weighted by molar-refractivity contribution is -0.132. The SMILES string of the molecule is CC(=CC(O)CCCCO)C(=O)O. The number of aliphatic hydroxyl groups is 2. The summed E-state index contributed by atoms with van der Waals surface area (Å²) < 4.78 is 0. The van der Waals surface area contributed by atoms with Gasteiger partial charge in [-0.05, 0) is 32.3 Å². The van der Waals surface area contributed by atoms with Gasteiger partial charge in [0.05, 0.1) is 6.10 Å². The Hall–Kier alpha value is -0.870. The maximum atomic E-state index is 10.3. The van der Waals surface area contributed by atoms with E-state index in [1.165, 1.54) is 13.0 Å². The Kier molecular flexibility index (Phi) is 6.18. The van der Waals surface area contributed by atoms with Gasteiger partial charge in [-0.1, -0.05) is 0 Å². The molecule has 0 aliphatic heterocycles. The minimum absolute atomic E-state index is 0.106. The summed E-state index contributed by atoms with van der Waals surface area (Å²) in [5, 5.41) is 26.2. The highest BCUT2D eigenvalue weighted by molar-refractivity contribution is 5.85. The average Bonchev–Trinajstić information content (AvgIpc) is 2.04. The van der Waals surface area contributed by atoms with Crippen molar-refractivity contribution in [2.24, 2.45) is 0 Å². The highest BCUT2D eigenvalue weighted by Gasteiger charge is 2.04. The zero-order valence-electron chi connectivity index (χ0n) is 7.73. The molecule has 0 saturated carbocycles. The predicted octanol–water partition coefficient (Wildman–Crippen LogP) is 0.541. The molecule has 0 aromatic heterocycles. The van der Waals surface area contributed by atoms with Crippen LogP contribution in [0.5, 0.6) is 0 Å². The molecule has 0 aromatic rings. The molecular formula is C9H16O4. The molecule has 0 aromatic carbocycles. The molecule has 4 nitrogen and oxygen atoms in total. The minimum atomic E-state index is -1.01. The molecule has 4 heteroatoms. The lowest BCUT2D eigenvalue weighted by Gasteiger charge is -2.04. The quantitative estimate of drug-likeness (QED) is 0.420. The predicted molar refractivity (Wildman–Crippen MR) is 48.3 cm³/mol. The van der Waals surface area contributed by atoms with Crippen molar-refractivity contribution < 1.29 is 20.1 Å². The number of carboxylic acids is 1. The summed E-state index contributed by atoms with van der Waals surface area (Å²) in [6.45, 7) is 1.55. The Balaban J connectivity index is 3.78. The second-order valence-electron chi connectivity index (χ2n) is 2.94. The summed E-state index contributed by atoms with van der Waals surface area (Å²) >= 11 is 0. The van der Waals surface area contributed by atoms with Crippen LogP contribution in [0.1, 0.15) is 26.2 Å². The average molecular weight is 188 g/mol. The molecular weight excluding hydrogens is 172 g/mol. The van der Waals surface area contributed by atoms with E-state index in [0.717, 1.165) is 0 Å². The van der Waals surface area contributed by atoms with Crippen LogP contribution in [0.3, 0.4) is 0 Å². The number of carbonyl (C=O) groups is 1. The molecule has 0 rings (SSSR count). The van der Waals surface area contributed by atoms with Gasteiger partial charge in [0.25, 0.3) is 0 Å². The largest absolute Gasteiger partial charge is 0.478 e. The molecule has 3 N–H and O–H groups in total. The molecule has 0 radical (unpaired) electrons. The van der Waals surface area contributed by atoms with Crippen LogP contribution >= 0.6 is 0 Å². The van der Waals surface area contributed by atoms with Gasteiger partial charge in [0, 0.05) is 12.2 Å². The summed E-state index contributed by atoms with van der Waals surface area (Å²) in [5.41, 5.74) is 0.150. The van der Waals surface area contributed by atoms with E-state index in [2.05, 4.69) is 0 Å². The molecule has 0 aliphatic rings. The highest BCUT2D eigenvalue weighted by Crippen LogP contribution is 2.04. The standard InChI is InChI=1S/C9H16O4/c1-7(9(12)13)6-8(11)4-2-3-5-10/h6,8,10-11H,2-5H2,1H3,(H,12,13). The first-order valence-electron chi connectivity index (χ1n) is 4.28. The topological polar surface area (TPSA) is 77.8 Å². The Morgan fingerprint density at radius 1 is 1.46 bits per heavy atom. The zero-order valence-corrected chi connectivity index (χ0v) is 7.73. The number of rotatable bonds is 6. The number of aliphatic hydroxyl groups excluding tert-OH is 2. The van der Waals surface area contributed by atoms with Gasteiger partial charge in [-0.25, -0.2) is 4.79 Å². The van der Waals surface area contributed by atoms with E-state index < -0.39 is 12.1 Å². The van der Waals surface area contributed by atoms with Crippen LogP contribution in [0, 0.1) is 0 Å². The van der Waals surface area contributed by atoms with Crippen molar-refractivity contribution in [2.45, 2.75) is 32.3 Å². The van der Waals surface area contributed by atoms with Crippen molar-refractivity contribution in [3.8, 4) is 0 Å². The maximum absolute atomic E-state index is 10.3. The molecule has 0 fully saturated rings. The van der Waals surface area contributed by atoms with Gasteiger partial charge in [-0.15, -0.1) is 0 Å². The molecule has 0 heterocycles. The Morgan fingerprint density at radius 2 is 2.08 bits per heavy atom. The van der Waals surface area contributed by atoms with E-state index >= 15 is 0 Å². The first-order valence-corrected chi connectivity index (χ1v) is 4.28. The van der Waals surface area contributed by atoms with E-state index in [1.807, 2.05) is 0 Å². The number of hydrogen-bond donors (Lipinski definition) is 3. The van der Waals surface area contributed by atoms with Crippen LogP contribution in [-0.4, -0.2) is 34.0 Å². The van der Waals surface area contributed by atoms with E-state index in [-0.39, 0.29) is 12.2 Å². The summed E-state index contributed by atoms with van der Waals surface area (Å²) in [4.78, 5) is 10.3. The summed E-state index contributed by atoms with van der Waals surface area (Å²) in [6, 6.07) is 0. The first kappa shape index (κ1) is 12.1. The molecule has 1 atom stereocenters. The monoisotopic (exact) mass is 188 g/mol. The fraction of sp³-hybridized carbons (Fsp3) is 0.667. The van der Waals surface area contributed by atoms with Gasteiger partial charge in [-0.3, -0.25) is 0 Å². The lowest BCUT2D eigenvalue weighted by atomic mass is 10.1. The first-order chi connectivity index (χ1) is 6.07. The lowest BCUT2D eigenvalue weighted by Crippen LogP contribution is -2.06. The van der Waals surface area contributed by atoms with E-state index in [9.17, 15) is 9.90 Å². The summed E-state index contributed by atoms with van der Waals surface area (Å²) in [6.07, 6.45) is 2.42. The second kappa shape index (κ2) is 6.62. The van der Waals surface area contributed by atoms with Gasteiger partial charge in [0.2, 0.25) is 0 Å². The smallest absolute Gasteiger partial charge is 0.331 e. The number of carboxylic acid groups (broad SMARTS) is 1. The van der Waals surface area contributed by atoms with Crippen molar-refractivity contribution >= 4 is 5.97 Å². The van der Waals surface area contributed by atoms with Gasteiger partial charge >= 0.3 is 5.97 Å². The van der Waals surface area contributed by atoms with Crippen LogP contribution in [-0.2, 0) is 4.79 Å². The molecule has 0 bridgehead atoms. The normalized spacial score (nSPS) is 14.2.